The van der Waals surface area contributed by atoms with Gasteiger partial charge in [-0.25, -0.2) is 0 Å². The van der Waals surface area contributed by atoms with Crippen molar-refractivity contribution in [1.82, 2.24) is 10.2 Å². The van der Waals surface area contributed by atoms with Gasteiger partial charge in [0.1, 0.15) is 0 Å². The van der Waals surface area contributed by atoms with Crippen LogP contribution in [-0.4, -0.2) is 44.5 Å². The minimum atomic E-state index is -0.0909. The van der Waals surface area contributed by atoms with Gasteiger partial charge in [0.15, 0.2) is 0 Å². The first-order chi connectivity index (χ1) is 5.87. The number of nitrogens with two attached hydrogens (primary N) is 1. The molecular weight excluding hydrogens is 166 g/mol. The van der Waals surface area contributed by atoms with Gasteiger partial charge < -0.3 is 16.0 Å². The zero-order valence-electron chi connectivity index (χ0n) is 9.05. The Bertz CT molecular complexity index is 166. The normalized spacial score (nSPS) is 11.8. The molecular formula is C9H21N3O. The van der Waals surface area contributed by atoms with Crippen molar-refractivity contribution in [3.8, 4) is 0 Å². The summed E-state index contributed by atoms with van der Waals surface area (Å²) in [6, 6.07) is 0. The summed E-state index contributed by atoms with van der Waals surface area (Å²) in [6.45, 7) is 5.91. The van der Waals surface area contributed by atoms with E-state index >= 15 is 0 Å². The molecule has 0 aliphatic rings. The number of nitrogens with one attached hydrogen (secondary N) is 1. The van der Waals surface area contributed by atoms with E-state index in [1.54, 1.807) is 0 Å². The summed E-state index contributed by atoms with van der Waals surface area (Å²) < 4.78 is 0. The van der Waals surface area contributed by atoms with Gasteiger partial charge in [0, 0.05) is 13.1 Å². The van der Waals surface area contributed by atoms with Crippen molar-refractivity contribution >= 4 is 5.91 Å². The second-order valence-electron chi connectivity index (χ2n) is 4.38. The number of carbonyl (C=O) groups is 1. The van der Waals surface area contributed by atoms with E-state index in [1.165, 1.54) is 0 Å². The van der Waals surface area contributed by atoms with Crippen LogP contribution in [0.25, 0.3) is 0 Å². The minimum Gasteiger partial charge on any atom is -0.354 e. The molecule has 0 heterocycles. The lowest BCUT2D eigenvalue weighted by Crippen LogP contribution is -2.41. The van der Waals surface area contributed by atoms with Crippen LogP contribution in [0.3, 0.4) is 0 Å². The molecule has 0 aromatic rings. The van der Waals surface area contributed by atoms with Crippen LogP contribution in [0.1, 0.15) is 13.8 Å². The van der Waals surface area contributed by atoms with Crippen molar-refractivity contribution in [3.63, 3.8) is 0 Å². The van der Waals surface area contributed by atoms with Crippen LogP contribution in [-0.2, 0) is 4.79 Å². The Morgan fingerprint density at radius 2 is 2.00 bits per heavy atom. The number of hydrogen-bond donors (Lipinski definition) is 2. The Kier molecular flexibility index (Phi) is 4.95. The van der Waals surface area contributed by atoms with Crippen molar-refractivity contribution in [2.45, 2.75) is 13.8 Å². The Morgan fingerprint density at radius 3 is 2.38 bits per heavy atom. The highest BCUT2D eigenvalue weighted by molar-refractivity contribution is 5.77. The van der Waals surface area contributed by atoms with Crippen molar-refractivity contribution in [2.24, 2.45) is 11.1 Å². The summed E-state index contributed by atoms with van der Waals surface area (Å²) in [5, 5.41) is 2.79. The molecule has 0 bridgehead atoms. The highest BCUT2D eigenvalue weighted by Gasteiger charge is 2.19. The third kappa shape index (κ3) is 6.54. The van der Waals surface area contributed by atoms with Gasteiger partial charge in [0.25, 0.3) is 0 Å². The molecule has 0 aromatic heterocycles. The Labute approximate surface area is 80.5 Å². The fraction of sp³-hybridized carbons (Fsp3) is 0.889. The standard InChI is InChI=1S/C9H21N3O/c1-9(2,7-12(3)4)6-11-8(13)5-10/h5-7,10H2,1-4H3,(H,11,13). The number of nitrogens with zero attached hydrogens (tertiary/aromatic N) is 1. The summed E-state index contributed by atoms with van der Waals surface area (Å²) in [7, 11) is 4.04. The molecule has 0 unspecified atom stereocenters. The molecule has 0 aliphatic carbocycles. The van der Waals surface area contributed by atoms with Gasteiger partial charge in [-0.2, -0.15) is 0 Å². The van der Waals surface area contributed by atoms with E-state index in [1.807, 2.05) is 14.1 Å². The van der Waals surface area contributed by atoms with Gasteiger partial charge in [0.2, 0.25) is 5.91 Å². The van der Waals surface area contributed by atoms with Crippen LogP contribution < -0.4 is 11.1 Å². The monoisotopic (exact) mass is 187 g/mol. The Balaban J connectivity index is 3.81. The van der Waals surface area contributed by atoms with E-state index in [4.69, 9.17) is 5.73 Å². The third-order valence-electron chi connectivity index (χ3n) is 1.69. The van der Waals surface area contributed by atoms with Crippen molar-refractivity contribution in [2.75, 3.05) is 33.7 Å². The molecule has 0 aliphatic heterocycles. The van der Waals surface area contributed by atoms with Crippen LogP contribution >= 0.6 is 0 Å². The average Bonchev–Trinajstić information content (AvgIpc) is 1.98. The first-order valence-electron chi connectivity index (χ1n) is 4.49. The molecule has 1 amide bonds. The maximum Gasteiger partial charge on any atom is 0.233 e. The van der Waals surface area contributed by atoms with E-state index in [2.05, 4.69) is 24.1 Å². The predicted octanol–water partition coefficient (Wildman–Crippen LogP) is -0.351. The predicted molar refractivity (Wildman–Crippen MR) is 54.4 cm³/mol. The van der Waals surface area contributed by atoms with Crippen LogP contribution in [0.2, 0.25) is 0 Å². The van der Waals surface area contributed by atoms with Crippen LogP contribution in [0, 0.1) is 5.41 Å². The van der Waals surface area contributed by atoms with E-state index in [9.17, 15) is 4.79 Å². The summed E-state index contributed by atoms with van der Waals surface area (Å²) in [6.07, 6.45) is 0. The van der Waals surface area contributed by atoms with Crippen LogP contribution in [0.5, 0.6) is 0 Å². The van der Waals surface area contributed by atoms with Gasteiger partial charge in [-0.3, -0.25) is 4.79 Å². The van der Waals surface area contributed by atoms with Crippen molar-refractivity contribution in [3.05, 3.63) is 0 Å². The zero-order chi connectivity index (χ0) is 10.5. The summed E-state index contributed by atoms with van der Waals surface area (Å²) >= 11 is 0. The zero-order valence-corrected chi connectivity index (χ0v) is 9.05. The molecule has 4 nitrogen and oxygen atoms in total. The summed E-state index contributed by atoms with van der Waals surface area (Å²) in [4.78, 5) is 13.0. The smallest absolute Gasteiger partial charge is 0.233 e. The maximum atomic E-state index is 10.9. The summed E-state index contributed by atoms with van der Waals surface area (Å²) in [5.41, 5.74) is 5.27. The molecule has 78 valence electrons. The molecule has 0 saturated heterocycles. The second-order valence-corrected chi connectivity index (χ2v) is 4.38. The largest absolute Gasteiger partial charge is 0.354 e. The highest BCUT2D eigenvalue weighted by atomic mass is 16.1. The van der Waals surface area contributed by atoms with Gasteiger partial charge in [-0.1, -0.05) is 13.8 Å². The molecule has 13 heavy (non-hydrogen) atoms. The summed E-state index contributed by atoms with van der Waals surface area (Å²) in [5.74, 6) is -0.0909. The average molecular weight is 187 g/mol. The first kappa shape index (κ1) is 12.4. The molecule has 3 N–H and O–H groups in total. The van der Waals surface area contributed by atoms with Gasteiger partial charge in [-0.05, 0) is 19.5 Å². The Morgan fingerprint density at radius 1 is 1.46 bits per heavy atom. The second kappa shape index (κ2) is 5.19. The van der Waals surface area contributed by atoms with Gasteiger partial charge >= 0.3 is 0 Å². The number of rotatable bonds is 5. The quantitative estimate of drug-likeness (QED) is 0.618. The molecule has 0 aromatic carbocycles. The molecule has 4 heteroatoms. The minimum absolute atomic E-state index is 0.0675. The lowest BCUT2D eigenvalue weighted by molar-refractivity contribution is -0.120. The van der Waals surface area contributed by atoms with E-state index in [0.29, 0.717) is 6.54 Å². The maximum absolute atomic E-state index is 10.9. The lowest BCUT2D eigenvalue weighted by atomic mass is 9.93. The van der Waals surface area contributed by atoms with Crippen molar-refractivity contribution in [1.29, 1.82) is 0 Å². The number of amides is 1. The van der Waals surface area contributed by atoms with Gasteiger partial charge in [0.05, 0.1) is 6.54 Å². The van der Waals surface area contributed by atoms with Crippen LogP contribution in [0.15, 0.2) is 0 Å². The van der Waals surface area contributed by atoms with Crippen molar-refractivity contribution < 1.29 is 4.79 Å². The third-order valence-corrected chi connectivity index (χ3v) is 1.69. The van der Waals surface area contributed by atoms with E-state index in [-0.39, 0.29) is 17.9 Å². The van der Waals surface area contributed by atoms with Crippen LogP contribution in [0.4, 0.5) is 0 Å². The van der Waals surface area contributed by atoms with Gasteiger partial charge in [-0.15, -0.1) is 0 Å². The molecule has 0 fully saturated rings. The fourth-order valence-corrected chi connectivity index (χ4v) is 1.32. The molecule has 0 atom stereocenters. The SMILES string of the molecule is CN(C)CC(C)(C)CNC(=O)CN. The highest BCUT2D eigenvalue weighted by Crippen LogP contribution is 2.13. The molecule has 0 rings (SSSR count). The van der Waals surface area contributed by atoms with E-state index < -0.39 is 0 Å². The fourth-order valence-electron chi connectivity index (χ4n) is 1.32. The number of carbonyl (C=O) groups excluding carboxylic acids is 1. The topological polar surface area (TPSA) is 58.4 Å². The molecule has 0 spiro atoms. The molecule has 0 saturated carbocycles. The molecule has 0 radical (unpaired) electrons. The first-order valence-corrected chi connectivity index (χ1v) is 4.49. The van der Waals surface area contributed by atoms with E-state index in [0.717, 1.165) is 6.54 Å². The Hall–Kier alpha value is -0.610. The number of hydrogen-bond acceptors (Lipinski definition) is 3. The lowest BCUT2D eigenvalue weighted by Gasteiger charge is -2.28.